The molecule has 4 aliphatic rings. The predicted octanol–water partition coefficient (Wildman–Crippen LogP) is 28.8. The summed E-state index contributed by atoms with van der Waals surface area (Å²) in [7, 11) is 1.65. The van der Waals surface area contributed by atoms with Gasteiger partial charge in [-0.3, -0.25) is 4.79 Å². The molecular weight excluding hydrogens is 1400 g/mol. The molecule has 0 radical (unpaired) electrons. The van der Waals surface area contributed by atoms with Crippen LogP contribution in [0.4, 0.5) is 18.9 Å². The van der Waals surface area contributed by atoms with Crippen molar-refractivity contribution in [3.8, 4) is 73.3 Å². The predicted molar refractivity (Wildman–Crippen MR) is 459 cm³/mol. The third-order valence-corrected chi connectivity index (χ3v) is 25.2. The number of nitrogens with one attached hydrogen (secondary N) is 1. The van der Waals surface area contributed by atoms with Crippen LogP contribution in [-0.2, 0) is 17.2 Å². The monoisotopic (exact) mass is 1510 g/mol. The molecule has 1 unspecified atom stereocenters. The summed E-state index contributed by atoms with van der Waals surface area (Å²) < 4.78 is 78.3. The van der Waals surface area contributed by atoms with E-state index in [0.29, 0.717) is 65.7 Å². The zero-order chi connectivity index (χ0) is 78.1. The number of fused-ring (bicyclic) bond motifs is 10. The number of hydrogen-bond donors (Lipinski definition) is 1. The first-order valence-corrected chi connectivity index (χ1v) is 42.3. The van der Waals surface area contributed by atoms with Crippen LogP contribution in [-0.4, -0.2) is 32.8 Å². The molecule has 11 aromatic rings. The zero-order valence-electron chi connectivity index (χ0n) is 66.9. The Morgan fingerprint density at radius 3 is 1.53 bits per heavy atom. The minimum absolute atomic E-state index is 0.225. The van der Waals surface area contributed by atoms with E-state index in [1.54, 1.807) is 13.2 Å². The maximum absolute atomic E-state index is 15.0. The van der Waals surface area contributed by atoms with E-state index < -0.39 is 22.8 Å². The highest BCUT2D eigenvalue weighted by molar-refractivity contribution is 6.23. The molecule has 1 amide bonds. The van der Waals surface area contributed by atoms with Crippen molar-refractivity contribution in [2.45, 2.75) is 205 Å². The van der Waals surface area contributed by atoms with Gasteiger partial charge in [0.15, 0.2) is 5.60 Å². The Bertz CT molecular complexity index is 5090. The first-order chi connectivity index (χ1) is 55.1. The van der Waals surface area contributed by atoms with Crippen molar-refractivity contribution in [3.63, 3.8) is 0 Å². The lowest BCUT2D eigenvalue weighted by Crippen LogP contribution is -2.35. The van der Waals surface area contributed by atoms with Gasteiger partial charge < -0.3 is 29.0 Å². The summed E-state index contributed by atoms with van der Waals surface area (Å²) in [5.74, 6) is 6.42. The van der Waals surface area contributed by atoms with Gasteiger partial charge in [-0.05, 0) is 276 Å². The van der Waals surface area contributed by atoms with E-state index in [1.807, 2.05) is 111 Å². The highest BCUT2D eigenvalue weighted by Crippen LogP contribution is 2.61. The number of carbonyl (C=O) groups is 1. The number of rotatable bonds is 31. The maximum Gasteiger partial charge on any atom is 0.416 e. The van der Waals surface area contributed by atoms with Crippen LogP contribution in [0.3, 0.4) is 0 Å². The van der Waals surface area contributed by atoms with Crippen molar-refractivity contribution in [2.75, 3.05) is 32.2 Å². The Hall–Kier alpha value is -10.1. The van der Waals surface area contributed by atoms with Gasteiger partial charge in [0, 0.05) is 44.1 Å². The number of benzene rings is 11. The van der Waals surface area contributed by atoms with E-state index in [4.69, 9.17) is 23.7 Å². The maximum atomic E-state index is 15.0. The number of unbranched alkanes of at least 4 members (excludes halogenated alkanes) is 8. The topological polar surface area (TPSA) is 75.3 Å². The third-order valence-electron chi connectivity index (χ3n) is 25.2. The quantitative estimate of drug-likeness (QED) is 0.0345. The largest absolute Gasteiger partial charge is 0.497 e. The first kappa shape index (κ1) is 78.2. The van der Waals surface area contributed by atoms with Gasteiger partial charge in [-0.15, -0.1) is 0 Å². The minimum atomic E-state index is -4.57. The molecular formula is C103H110F3NO6. The van der Waals surface area contributed by atoms with Gasteiger partial charge in [-0.1, -0.05) is 226 Å². The molecule has 7 nitrogen and oxygen atoms in total. The lowest BCUT2D eigenvalue weighted by Gasteiger charge is -2.39. The number of carbonyl (C=O) groups excluding carboxylic acids is 1. The molecule has 11 aromatic carbocycles. The Balaban J connectivity index is 0.721. The number of halogens is 3. The standard InChI is InChI=1S/C103H110F3NO6/c1-7-10-15-20-69-24-28-71(29-25-69)73-32-36-75(37-33-73)77-40-42-80(43-41-77)100(108)107-84-53-44-79(45-54-84)91-68-92-96-88-61-52-83(103(104,105)106)67-93(88)101(4,5)98(96)90-62-63-102(81-48-57-85(109-6)58-49-81,82-50-59-87(60-51-82)110-64-12-9-3)113-99(90)97(92)89-22-19-23-94(95(89)91)112-66-18-14-13-17-65-111-86-55-46-78(47-56-86)76-38-34-74(35-39-76)72-30-26-70(27-31-72)21-16-11-8-2/h19,22-23,32-63,67-72H,7-18,20-21,24-31,64-66H2,1-6H3,(H,107,108). The van der Waals surface area contributed by atoms with Crippen molar-refractivity contribution in [1.29, 1.82) is 0 Å². The van der Waals surface area contributed by atoms with Crippen LogP contribution in [0.1, 0.15) is 243 Å². The molecule has 10 heteroatoms. The molecule has 0 bridgehead atoms. The summed E-state index contributed by atoms with van der Waals surface area (Å²) in [4.78, 5) is 14.2. The zero-order valence-corrected chi connectivity index (χ0v) is 66.9. The summed E-state index contributed by atoms with van der Waals surface area (Å²) in [6.45, 7) is 12.4. The summed E-state index contributed by atoms with van der Waals surface area (Å²) in [6.07, 6.45) is 26.4. The fraction of sp³-hybridized carbons (Fsp3) is 0.369. The molecule has 0 aromatic heterocycles. The lowest BCUT2D eigenvalue weighted by molar-refractivity contribution is -0.137. The molecule has 2 saturated carbocycles. The molecule has 1 N–H and O–H groups in total. The van der Waals surface area contributed by atoms with Gasteiger partial charge in [0.05, 0.1) is 32.5 Å². The lowest BCUT2D eigenvalue weighted by atomic mass is 9.76. The van der Waals surface area contributed by atoms with Crippen LogP contribution in [0.25, 0.3) is 72.1 Å². The fourth-order valence-corrected chi connectivity index (χ4v) is 18.6. The van der Waals surface area contributed by atoms with Crippen LogP contribution in [0.15, 0.2) is 218 Å². The molecule has 1 atom stereocenters. The average Bonchev–Trinajstić information content (AvgIpc) is 1.56. The van der Waals surface area contributed by atoms with Crippen LogP contribution in [0.5, 0.6) is 28.7 Å². The average molecular weight is 1520 g/mol. The summed E-state index contributed by atoms with van der Waals surface area (Å²) >= 11 is 0. The molecule has 3 aliphatic carbocycles. The Morgan fingerprint density at radius 2 is 0.991 bits per heavy atom. The highest BCUT2D eigenvalue weighted by atomic mass is 19.4. The number of amides is 1. The van der Waals surface area contributed by atoms with Crippen molar-refractivity contribution in [1.82, 2.24) is 0 Å². The second-order valence-corrected chi connectivity index (χ2v) is 32.9. The molecule has 1 aliphatic heterocycles. The fourth-order valence-electron chi connectivity index (χ4n) is 18.6. The van der Waals surface area contributed by atoms with Gasteiger partial charge in [0.1, 0.15) is 28.7 Å². The molecule has 584 valence electrons. The number of ether oxygens (including phenoxy) is 5. The Morgan fingerprint density at radius 1 is 0.487 bits per heavy atom. The molecule has 113 heavy (non-hydrogen) atoms. The van der Waals surface area contributed by atoms with E-state index in [9.17, 15) is 18.0 Å². The second-order valence-electron chi connectivity index (χ2n) is 32.9. The van der Waals surface area contributed by atoms with Crippen LogP contribution in [0, 0.1) is 11.8 Å². The van der Waals surface area contributed by atoms with Crippen molar-refractivity contribution < 1.29 is 41.7 Å². The van der Waals surface area contributed by atoms with Crippen molar-refractivity contribution >= 4 is 39.2 Å². The summed E-state index contributed by atoms with van der Waals surface area (Å²) in [5, 5.41) is 6.51. The van der Waals surface area contributed by atoms with Crippen molar-refractivity contribution in [2.24, 2.45) is 11.8 Å². The molecule has 1 heterocycles. The third kappa shape index (κ3) is 17.1. The minimum Gasteiger partial charge on any atom is -0.497 e. The van der Waals surface area contributed by atoms with E-state index in [1.165, 1.54) is 137 Å². The van der Waals surface area contributed by atoms with Gasteiger partial charge >= 0.3 is 6.18 Å². The first-order valence-electron chi connectivity index (χ1n) is 42.3. The smallest absolute Gasteiger partial charge is 0.416 e. The number of anilines is 1. The van der Waals surface area contributed by atoms with Gasteiger partial charge in [-0.2, -0.15) is 13.2 Å². The Kier molecular flexibility index (Phi) is 24.3. The van der Waals surface area contributed by atoms with Crippen LogP contribution in [0.2, 0.25) is 0 Å². The van der Waals surface area contributed by atoms with Gasteiger partial charge in [0.2, 0.25) is 0 Å². The number of methoxy groups -OCH3 is 1. The van der Waals surface area contributed by atoms with Crippen molar-refractivity contribution in [3.05, 3.63) is 268 Å². The van der Waals surface area contributed by atoms with Crippen LogP contribution >= 0.6 is 0 Å². The summed E-state index contributed by atoms with van der Waals surface area (Å²) in [6, 6.07) is 71.3. The SMILES string of the molecule is CCCCCC1CCC(c2ccc(-c3ccc(OCCCCCCOc4cccc5c4c(-c4ccc(NC(=O)c6ccc(-c7ccc(C8CCC(CCCCC)CC8)cc7)cc6)cc4)cc4c6c(c7c(c45)OC(c4ccc(OC)cc4)(c4ccc(OCCCC)cc4)C=C7)C(C)(C)c4cc(C(F)(F)F)ccc4-6)cc3)cc2)CC1. The van der Waals surface area contributed by atoms with E-state index >= 15 is 0 Å². The molecule has 0 spiro atoms. The van der Waals surface area contributed by atoms with Crippen LogP contribution < -0.4 is 29.0 Å². The summed E-state index contributed by atoms with van der Waals surface area (Å²) in [5.41, 5.74) is 13.0. The number of alkyl halides is 3. The molecule has 15 rings (SSSR count). The Labute approximate surface area is 667 Å². The van der Waals surface area contributed by atoms with E-state index in [0.717, 1.165) is 139 Å². The van der Waals surface area contributed by atoms with Gasteiger partial charge in [0.25, 0.3) is 5.91 Å². The molecule has 0 saturated heterocycles. The van der Waals surface area contributed by atoms with Gasteiger partial charge in [-0.25, -0.2) is 0 Å². The number of hydrogen-bond acceptors (Lipinski definition) is 6. The van der Waals surface area contributed by atoms with E-state index in [-0.39, 0.29) is 5.91 Å². The highest BCUT2D eigenvalue weighted by Gasteiger charge is 2.46. The van der Waals surface area contributed by atoms with E-state index in [2.05, 4.69) is 135 Å². The normalized spacial score (nSPS) is 18.3. The second kappa shape index (κ2) is 35.1. The molecule has 2 fully saturated rings.